The van der Waals surface area contributed by atoms with Gasteiger partial charge in [0.2, 0.25) is 5.91 Å². The number of Topliss-reactive ketones (excluding diaryl/α,β-unsaturated/α-hetero) is 1. The summed E-state index contributed by atoms with van der Waals surface area (Å²) in [7, 11) is 0. The first-order valence-corrected chi connectivity index (χ1v) is 5.00. The number of amides is 1. The van der Waals surface area contributed by atoms with Gasteiger partial charge in [0.05, 0.1) is 13.0 Å². The van der Waals surface area contributed by atoms with Crippen molar-refractivity contribution in [3.8, 4) is 0 Å². The van der Waals surface area contributed by atoms with Crippen molar-refractivity contribution in [3.05, 3.63) is 0 Å². The molecule has 3 nitrogen and oxygen atoms in total. The second-order valence-electron chi connectivity index (χ2n) is 4.17. The van der Waals surface area contributed by atoms with Crippen molar-refractivity contribution < 1.29 is 9.59 Å². The summed E-state index contributed by atoms with van der Waals surface area (Å²) >= 11 is 0. The maximum absolute atomic E-state index is 11.5. The predicted octanol–water partition coefficient (Wildman–Crippen LogP) is 1.12. The predicted molar refractivity (Wildman–Crippen MR) is 48.2 cm³/mol. The Kier molecular flexibility index (Phi) is 1.90. The number of hydrogen-bond donors (Lipinski definition) is 0. The van der Waals surface area contributed by atoms with Crippen LogP contribution < -0.4 is 0 Å². The lowest BCUT2D eigenvalue weighted by Crippen LogP contribution is -2.38. The third-order valence-electron chi connectivity index (χ3n) is 3.10. The number of likely N-dealkylation sites (tertiary alicyclic amines) is 1. The Bertz CT molecular complexity index is 256. The van der Waals surface area contributed by atoms with Gasteiger partial charge in [-0.15, -0.1) is 0 Å². The van der Waals surface area contributed by atoms with E-state index in [1.165, 1.54) is 0 Å². The molecule has 2 rings (SSSR count). The summed E-state index contributed by atoms with van der Waals surface area (Å²) in [6.07, 6.45) is 4.50. The third kappa shape index (κ3) is 1.36. The smallest absolute Gasteiger partial charge is 0.230 e. The van der Waals surface area contributed by atoms with E-state index in [2.05, 4.69) is 6.92 Å². The number of carbonyl (C=O) groups is 2. The minimum Gasteiger partial charge on any atom is -0.329 e. The van der Waals surface area contributed by atoms with Crippen molar-refractivity contribution in [2.75, 3.05) is 6.54 Å². The second-order valence-corrected chi connectivity index (χ2v) is 4.17. The van der Waals surface area contributed by atoms with Crippen LogP contribution in [0.1, 0.15) is 39.0 Å². The zero-order chi connectivity index (χ0) is 9.47. The van der Waals surface area contributed by atoms with E-state index in [4.69, 9.17) is 0 Å². The number of hydrogen-bond acceptors (Lipinski definition) is 2. The van der Waals surface area contributed by atoms with Crippen molar-refractivity contribution >= 4 is 11.7 Å². The Morgan fingerprint density at radius 2 is 2.08 bits per heavy atom. The summed E-state index contributed by atoms with van der Waals surface area (Å²) in [5.74, 6) is 0.142. The molecule has 0 aromatic heterocycles. The van der Waals surface area contributed by atoms with Crippen LogP contribution in [-0.4, -0.2) is 28.7 Å². The maximum Gasteiger partial charge on any atom is 0.230 e. The fraction of sp³-hybridized carbons (Fsp3) is 0.800. The van der Waals surface area contributed by atoms with Crippen LogP contribution in [0.2, 0.25) is 0 Å². The summed E-state index contributed by atoms with van der Waals surface area (Å²) < 4.78 is 0. The SMILES string of the molecule is CCCC1(N2CC(=O)CC2=O)CC1. The van der Waals surface area contributed by atoms with E-state index in [-0.39, 0.29) is 23.7 Å². The van der Waals surface area contributed by atoms with Crippen LogP contribution in [-0.2, 0) is 9.59 Å². The molecular weight excluding hydrogens is 166 g/mol. The number of carbonyl (C=O) groups excluding carboxylic acids is 2. The first kappa shape index (κ1) is 8.73. The number of ketones is 1. The van der Waals surface area contributed by atoms with Gasteiger partial charge in [0.1, 0.15) is 0 Å². The largest absolute Gasteiger partial charge is 0.329 e. The molecule has 1 aliphatic carbocycles. The summed E-state index contributed by atoms with van der Waals surface area (Å²) in [5, 5.41) is 0. The lowest BCUT2D eigenvalue weighted by molar-refractivity contribution is -0.130. The topological polar surface area (TPSA) is 37.4 Å². The highest BCUT2D eigenvalue weighted by Gasteiger charge is 2.51. The first-order chi connectivity index (χ1) is 6.18. The van der Waals surface area contributed by atoms with Crippen LogP contribution in [0.15, 0.2) is 0 Å². The van der Waals surface area contributed by atoms with Gasteiger partial charge in [0, 0.05) is 5.54 Å². The lowest BCUT2D eigenvalue weighted by Gasteiger charge is -2.26. The molecule has 0 spiro atoms. The Labute approximate surface area is 78.1 Å². The molecule has 72 valence electrons. The van der Waals surface area contributed by atoms with Crippen molar-refractivity contribution in [2.45, 2.75) is 44.6 Å². The zero-order valence-corrected chi connectivity index (χ0v) is 8.01. The zero-order valence-electron chi connectivity index (χ0n) is 8.01. The van der Waals surface area contributed by atoms with Crippen LogP contribution in [0, 0.1) is 0 Å². The van der Waals surface area contributed by atoms with Crippen LogP contribution in [0.3, 0.4) is 0 Å². The van der Waals surface area contributed by atoms with Gasteiger partial charge in [-0.1, -0.05) is 13.3 Å². The molecule has 0 N–H and O–H groups in total. The lowest BCUT2D eigenvalue weighted by atomic mass is 10.1. The molecule has 0 unspecified atom stereocenters. The van der Waals surface area contributed by atoms with E-state index in [9.17, 15) is 9.59 Å². The van der Waals surface area contributed by atoms with Gasteiger partial charge in [0.15, 0.2) is 5.78 Å². The van der Waals surface area contributed by atoms with Crippen molar-refractivity contribution in [2.24, 2.45) is 0 Å². The Morgan fingerprint density at radius 3 is 2.46 bits per heavy atom. The highest BCUT2D eigenvalue weighted by Crippen LogP contribution is 2.46. The van der Waals surface area contributed by atoms with Crippen molar-refractivity contribution in [1.82, 2.24) is 4.90 Å². The Hall–Kier alpha value is -0.860. The molecule has 1 saturated heterocycles. The fourth-order valence-corrected chi connectivity index (χ4v) is 2.28. The van der Waals surface area contributed by atoms with Crippen molar-refractivity contribution in [3.63, 3.8) is 0 Å². The van der Waals surface area contributed by atoms with E-state index < -0.39 is 0 Å². The normalized spacial score (nSPS) is 25.5. The summed E-state index contributed by atoms with van der Waals surface area (Å²) in [6, 6.07) is 0. The molecule has 0 bridgehead atoms. The van der Waals surface area contributed by atoms with Crippen molar-refractivity contribution in [1.29, 1.82) is 0 Å². The monoisotopic (exact) mass is 181 g/mol. The highest BCUT2D eigenvalue weighted by molar-refractivity contribution is 6.05. The quantitative estimate of drug-likeness (QED) is 0.612. The molecule has 2 fully saturated rings. The number of nitrogens with zero attached hydrogens (tertiary/aromatic N) is 1. The van der Waals surface area contributed by atoms with E-state index in [0.717, 1.165) is 25.7 Å². The minimum absolute atomic E-state index is 0.0518. The molecule has 3 heteroatoms. The fourth-order valence-electron chi connectivity index (χ4n) is 2.28. The van der Waals surface area contributed by atoms with E-state index in [1.54, 1.807) is 0 Å². The van der Waals surface area contributed by atoms with Crippen LogP contribution in [0.4, 0.5) is 0 Å². The standard InChI is InChI=1S/C10H15NO2/c1-2-3-10(4-5-10)11-7-8(12)6-9(11)13/h2-7H2,1H3. The first-order valence-electron chi connectivity index (χ1n) is 5.00. The third-order valence-corrected chi connectivity index (χ3v) is 3.10. The molecular formula is C10H15NO2. The van der Waals surface area contributed by atoms with Crippen LogP contribution >= 0.6 is 0 Å². The van der Waals surface area contributed by atoms with E-state index >= 15 is 0 Å². The van der Waals surface area contributed by atoms with Gasteiger partial charge in [-0.3, -0.25) is 9.59 Å². The van der Waals surface area contributed by atoms with Crippen LogP contribution in [0.5, 0.6) is 0 Å². The molecule has 1 amide bonds. The molecule has 0 radical (unpaired) electrons. The van der Waals surface area contributed by atoms with Gasteiger partial charge in [0.25, 0.3) is 0 Å². The van der Waals surface area contributed by atoms with Gasteiger partial charge in [-0.05, 0) is 19.3 Å². The Morgan fingerprint density at radius 1 is 1.38 bits per heavy atom. The van der Waals surface area contributed by atoms with E-state index in [1.807, 2.05) is 4.90 Å². The van der Waals surface area contributed by atoms with Crippen LogP contribution in [0.25, 0.3) is 0 Å². The van der Waals surface area contributed by atoms with Gasteiger partial charge in [-0.25, -0.2) is 0 Å². The molecule has 1 heterocycles. The summed E-state index contributed by atoms with van der Waals surface area (Å²) in [4.78, 5) is 24.3. The average Bonchev–Trinajstić information content (AvgIpc) is 2.74. The maximum atomic E-state index is 11.5. The van der Waals surface area contributed by atoms with Gasteiger partial charge >= 0.3 is 0 Å². The Balaban J connectivity index is 2.08. The summed E-state index contributed by atoms with van der Waals surface area (Å²) in [6.45, 7) is 2.50. The molecule has 13 heavy (non-hydrogen) atoms. The molecule has 0 atom stereocenters. The van der Waals surface area contributed by atoms with E-state index in [0.29, 0.717) is 6.54 Å². The molecule has 1 saturated carbocycles. The number of rotatable bonds is 3. The van der Waals surface area contributed by atoms with Gasteiger partial charge < -0.3 is 4.90 Å². The minimum atomic E-state index is 0.0518. The summed E-state index contributed by atoms with van der Waals surface area (Å²) in [5.41, 5.74) is 0.0952. The second kappa shape index (κ2) is 2.82. The molecule has 0 aromatic rings. The van der Waals surface area contributed by atoms with Gasteiger partial charge in [-0.2, -0.15) is 0 Å². The highest BCUT2D eigenvalue weighted by atomic mass is 16.2. The average molecular weight is 181 g/mol. The molecule has 0 aromatic carbocycles. The molecule has 1 aliphatic heterocycles. The molecule has 2 aliphatic rings.